The summed E-state index contributed by atoms with van der Waals surface area (Å²) in [7, 11) is -3.32. The number of benzene rings is 4. The van der Waals surface area contributed by atoms with Gasteiger partial charge in [0.15, 0.2) is 18.4 Å². The topological polar surface area (TPSA) is 163 Å². The van der Waals surface area contributed by atoms with E-state index in [1.54, 1.807) is 13.8 Å². The fourth-order valence-corrected chi connectivity index (χ4v) is 12.8. The van der Waals surface area contributed by atoms with E-state index < -0.39 is 80.5 Å². The zero-order chi connectivity index (χ0) is 41.6. The number of fused-ring (bicyclic) bond motifs is 1. The second-order valence-corrected chi connectivity index (χ2v) is 21.0. The molecule has 0 saturated carbocycles. The first kappa shape index (κ1) is 43.1. The molecule has 3 saturated heterocycles. The molecule has 3 aliphatic heterocycles. The van der Waals surface area contributed by atoms with E-state index in [-0.39, 0.29) is 26.4 Å². The van der Waals surface area contributed by atoms with Gasteiger partial charge >= 0.3 is 0 Å². The number of rotatable bonds is 14. The first-order valence-electron chi connectivity index (χ1n) is 20.1. The predicted octanol–water partition coefficient (Wildman–Crippen LogP) is 5.75. The highest BCUT2D eigenvalue weighted by Crippen LogP contribution is 2.42. The highest BCUT2D eigenvalue weighted by Gasteiger charge is 2.58. The maximum Gasteiger partial charge on any atom is 0.264 e. The Hall–Kier alpha value is -3.99. The molecule has 0 amide bonds. The van der Waals surface area contributed by atoms with Crippen LogP contribution in [0.2, 0.25) is 5.04 Å². The van der Waals surface area contributed by atoms with Crippen LogP contribution < -0.4 is 10.4 Å². The van der Waals surface area contributed by atoms with Gasteiger partial charge in [0.1, 0.15) is 48.8 Å². The molecule has 4 aromatic rings. The second-order valence-electron chi connectivity index (χ2n) is 16.7. The van der Waals surface area contributed by atoms with Gasteiger partial charge in [0.25, 0.3) is 8.32 Å². The summed E-state index contributed by atoms with van der Waals surface area (Å²) >= 11 is 0. The van der Waals surface area contributed by atoms with Crippen molar-refractivity contribution in [1.29, 1.82) is 0 Å². The largest absolute Gasteiger partial charge is 0.387 e. The van der Waals surface area contributed by atoms with Crippen molar-refractivity contribution in [3.8, 4) is 0 Å². The Kier molecular flexibility index (Phi) is 13.7. The fourth-order valence-electron chi connectivity index (χ4n) is 8.26. The number of azide groups is 1. The van der Waals surface area contributed by atoms with Gasteiger partial charge in [-0.05, 0) is 45.9 Å². The number of aliphatic hydroxyl groups excluding tert-OH is 2. The monoisotopic (exact) mass is 825 g/mol. The molecule has 0 aromatic heterocycles. The van der Waals surface area contributed by atoms with Gasteiger partial charge < -0.3 is 47.8 Å². The standard InChI is InChI=1S/C45H55N3O10Si/c1-44(2,3)59(32-22-14-8-15-23-32,33-24-16-9-17-25-33)58-42-36(47-48-46)41(52-27-31-20-12-7-13-21-31)40(34(54-42)28-51-26-30-18-10-6-11-19-30)56-43-38(50)37(49)39-35(55-43)29-53-45(4,5)57-39/h6-25,34-43,49-50H,26-29H2,1-5H3/t34-,35-,36-,37-,38-,39+,40-,41-,42+,43+/m1/s1. The lowest BCUT2D eigenvalue weighted by Gasteiger charge is -2.52. The van der Waals surface area contributed by atoms with Gasteiger partial charge in [0, 0.05) is 4.91 Å². The van der Waals surface area contributed by atoms with Crippen molar-refractivity contribution < 1.29 is 47.8 Å². The van der Waals surface area contributed by atoms with Gasteiger partial charge in [0.05, 0.1) is 26.4 Å². The molecule has 0 aliphatic carbocycles. The Morgan fingerprint density at radius 2 is 1.32 bits per heavy atom. The third kappa shape index (κ3) is 9.65. The van der Waals surface area contributed by atoms with Crippen molar-refractivity contribution in [3.05, 3.63) is 143 Å². The van der Waals surface area contributed by atoms with E-state index in [4.69, 9.17) is 37.6 Å². The van der Waals surface area contributed by atoms with E-state index in [9.17, 15) is 15.7 Å². The van der Waals surface area contributed by atoms with Crippen LogP contribution in [0.25, 0.3) is 10.4 Å². The Morgan fingerprint density at radius 3 is 1.88 bits per heavy atom. The molecular formula is C45H55N3O10Si. The van der Waals surface area contributed by atoms with E-state index in [0.29, 0.717) is 0 Å². The average molecular weight is 826 g/mol. The summed E-state index contributed by atoms with van der Waals surface area (Å²) in [6.45, 7) is 10.4. The molecule has 3 aliphatic rings. The van der Waals surface area contributed by atoms with Crippen molar-refractivity contribution in [3.63, 3.8) is 0 Å². The van der Waals surface area contributed by atoms with Gasteiger partial charge in [-0.25, -0.2) is 0 Å². The average Bonchev–Trinajstić information content (AvgIpc) is 3.23. The number of hydrogen-bond donors (Lipinski definition) is 2. The van der Waals surface area contributed by atoms with Crippen LogP contribution in [-0.4, -0.2) is 98.9 Å². The molecule has 4 aromatic carbocycles. The lowest BCUT2D eigenvalue weighted by atomic mass is 9.95. The number of hydrogen-bond acceptors (Lipinski definition) is 11. The normalized spacial score (nSPS) is 29.5. The first-order valence-corrected chi connectivity index (χ1v) is 22.1. The lowest BCUT2D eigenvalue weighted by molar-refractivity contribution is -0.395. The molecular weight excluding hydrogens is 771 g/mol. The maximum atomic E-state index is 11.6. The minimum absolute atomic E-state index is 0.00775. The van der Waals surface area contributed by atoms with E-state index in [2.05, 4.69) is 55.1 Å². The number of ether oxygens (including phenoxy) is 7. The zero-order valence-electron chi connectivity index (χ0n) is 34.2. The molecule has 14 heteroatoms. The number of nitrogens with zero attached hydrogens (tertiary/aromatic N) is 3. The summed E-state index contributed by atoms with van der Waals surface area (Å²) in [6, 6.07) is 38.5. The summed E-state index contributed by atoms with van der Waals surface area (Å²) in [5.74, 6) is -0.990. The quantitative estimate of drug-likeness (QED) is 0.0693. The van der Waals surface area contributed by atoms with Crippen LogP contribution in [0.3, 0.4) is 0 Å². The van der Waals surface area contributed by atoms with Crippen LogP contribution in [-0.2, 0) is 50.8 Å². The Labute approximate surface area is 346 Å². The summed E-state index contributed by atoms with van der Waals surface area (Å²) < 4.78 is 52.5. The molecule has 0 radical (unpaired) electrons. The summed E-state index contributed by atoms with van der Waals surface area (Å²) in [5, 5.41) is 28.8. The molecule has 3 heterocycles. The van der Waals surface area contributed by atoms with Crippen LogP contribution in [0, 0.1) is 0 Å². The minimum Gasteiger partial charge on any atom is -0.387 e. The van der Waals surface area contributed by atoms with Crippen molar-refractivity contribution in [2.24, 2.45) is 5.11 Å². The molecule has 13 nitrogen and oxygen atoms in total. The summed E-state index contributed by atoms with van der Waals surface area (Å²) in [5.41, 5.74) is 12.0. The van der Waals surface area contributed by atoms with Crippen LogP contribution in [0.1, 0.15) is 45.7 Å². The van der Waals surface area contributed by atoms with Gasteiger partial charge in [-0.3, -0.25) is 0 Å². The molecule has 59 heavy (non-hydrogen) atoms. The second kappa shape index (κ2) is 18.7. The van der Waals surface area contributed by atoms with Gasteiger partial charge in [-0.2, -0.15) is 0 Å². The lowest BCUT2D eigenvalue weighted by Crippen LogP contribution is -2.71. The third-order valence-electron chi connectivity index (χ3n) is 11.1. The van der Waals surface area contributed by atoms with Gasteiger partial charge in [-0.1, -0.05) is 147 Å². The van der Waals surface area contributed by atoms with E-state index in [0.717, 1.165) is 21.5 Å². The molecule has 314 valence electrons. The molecule has 0 spiro atoms. The van der Waals surface area contributed by atoms with Crippen molar-refractivity contribution in [2.75, 3.05) is 13.2 Å². The smallest absolute Gasteiger partial charge is 0.264 e. The summed E-state index contributed by atoms with van der Waals surface area (Å²) in [6.07, 6.45) is -10.1. The van der Waals surface area contributed by atoms with E-state index >= 15 is 0 Å². The Morgan fingerprint density at radius 1 is 0.763 bits per heavy atom. The Balaban J connectivity index is 1.30. The van der Waals surface area contributed by atoms with Crippen LogP contribution in [0.4, 0.5) is 0 Å². The van der Waals surface area contributed by atoms with Crippen molar-refractivity contribution in [1.82, 2.24) is 0 Å². The molecule has 10 atom stereocenters. The first-order chi connectivity index (χ1) is 28.4. The van der Waals surface area contributed by atoms with Gasteiger partial charge in [0.2, 0.25) is 0 Å². The number of aliphatic hydroxyl groups is 2. The van der Waals surface area contributed by atoms with Crippen LogP contribution >= 0.6 is 0 Å². The van der Waals surface area contributed by atoms with Crippen LogP contribution in [0.5, 0.6) is 0 Å². The fraction of sp³-hybridized carbons (Fsp3) is 0.467. The van der Waals surface area contributed by atoms with Crippen molar-refractivity contribution in [2.45, 2.75) is 120 Å². The van der Waals surface area contributed by atoms with Crippen LogP contribution in [0.15, 0.2) is 126 Å². The third-order valence-corrected chi connectivity index (χ3v) is 16.1. The molecule has 0 bridgehead atoms. The maximum absolute atomic E-state index is 11.6. The molecule has 2 N–H and O–H groups in total. The van der Waals surface area contributed by atoms with E-state index in [1.807, 2.05) is 97.1 Å². The SMILES string of the molecule is CC1(C)OC[C@H]2O[C@@H](O[C@H]3[C@H](OCc4ccccc4)[C@@H](N=[N+]=[N-])[C@H](O[Si](c4ccccc4)(c4ccccc4)C(C)(C)C)O[C@@H]3COCc3ccccc3)[C@H](O)[C@@H](O)[C@H]2O1. The zero-order valence-corrected chi connectivity index (χ0v) is 35.2. The highest BCUT2D eigenvalue weighted by atomic mass is 28.4. The minimum atomic E-state index is -3.32. The highest BCUT2D eigenvalue weighted by molar-refractivity contribution is 6.99. The van der Waals surface area contributed by atoms with E-state index in [1.165, 1.54) is 0 Å². The molecule has 0 unspecified atom stereocenters. The predicted molar refractivity (Wildman–Crippen MR) is 222 cm³/mol. The van der Waals surface area contributed by atoms with Crippen molar-refractivity contribution >= 4 is 18.7 Å². The molecule has 3 fully saturated rings. The van der Waals surface area contributed by atoms with Gasteiger partial charge in [-0.15, -0.1) is 0 Å². The Bertz CT molecular complexity index is 1930. The summed E-state index contributed by atoms with van der Waals surface area (Å²) in [4.78, 5) is 3.32. The molecule has 7 rings (SSSR count).